The first-order valence-electron chi connectivity index (χ1n) is 8.62. The van der Waals surface area contributed by atoms with Gasteiger partial charge in [0.1, 0.15) is 12.4 Å². The van der Waals surface area contributed by atoms with Gasteiger partial charge in [-0.3, -0.25) is 4.79 Å². The van der Waals surface area contributed by atoms with Crippen molar-refractivity contribution in [2.75, 3.05) is 32.5 Å². The monoisotopic (exact) mass is 415 g/mol. The molecule has 2 aromatic carbocycles. The summed E-state index contributed by atoms with van der Waals surface area (Å²) in [5.41, 5.74) is 1.14. The van der Waals surface area contributed by atoms with Gasteiger partial charge in [-0.25, -0.2) is 9.59 Å². The van der Waals surface area contributed by atoms with Crippen LogP contribution >= 0.6 is 11.6 Å². The molecule has 8 heteroatoms. The molecule has 150 valence electrons. The lowest BCUT2D eigenvalue weighted by Gasteiger charge is -2.32. The molecular weight excluding hydrogens is 398 g/mol. The normalized spacial score (nSPS) is 13.8. The lowest BCUT2D eigenvalue weighted by molar-refractivity contribution is -0.140. The zero-order valence-corrected chi connectivity index (χ0v) is 16.6. The molecule has 0 aromatic heterocycles. The van der Waals surface area contributed by atoms with E-state index in [9.17, 15) is 14.4 Å². The maximum Gasteiger partial charge on any atom is 0.355 e. The molecular formula is C21H18ClNO6. The Bertz CT molecular complexity index is 983. The minimum absolute atomic E-state index is 0.0133. The number of para-hydroxylation sites is 1. The van der Waals surface area contributed by atoms with E-state index in [1.54, 1.807) is 48.5 Å². The third-order valence-electron chi connectivity index (χ3n) is 4.38. The Balaban J connectivity index is 2.12. The van der Waals surface area contributed by atoms with Gasteiger partial charge in [0.05, 0.1) is 32.1 Å². The lowest BCUT2D eigenvalue weighted by Crippen LogP contribution is -2.39. The van der Waals surface area contributed by atoms with Crippen molar-refractivity contribution >= 4 is 35.0 Å². The first kappa shape index (κ1) is 20.6. The number of esters is 2. The molecule has 0 radical (unpaired) electrons. The van der Waals surface area contributed by atoms with Crippen molar-refractivity contribution in [1.29, 1.82) is 0 Å². The molecule has 0 spiro atoms. The fourth-order valence-electron chi connectivity index (χ4n) is 2.99. The van der Waals surface area contributed by atoms with Crippen molar-refractivity contribution in [1.82, 2.24) is 0 Å². The van der Waals surface area contributed by atoms with E-state index in [2.05, 4.69) is 0 Å². The molecule has 1 aliphatic heterocycles. The summed E-state index contributed by atoms with van der Waals surface area (Å²) in [6, 6.07) is 13.2. The van der Waals surface area contributed by atoms with Crippen molar-refractivity contribution in [3.05, 3.63) is 76.0 Å². The van der Waals surface area contributed by atoms with Crippen molar-refractivity contribution < 1.29 is 28.6 Å². The largest absolute Gasteiger partial charge is 0.466 e. The maximum atomic E-state index is 13.1. The first-order chi connectivity index (χ1) is 14.0. The Labute approximate surface area is 172 Å². The lowest BCUT2D eigenvalue weighted by atomic mass is 10.00. The van der Waals surface area contributed by atoms with Crippen LogP contribution in [0.15, 0.2) is 59.8 Å². The van der Waals surface area contributed by atoms with Gasteiger partial charge in [-0.05, 0) is 36.4 Å². The average molecular weight is 416 g/mol. The van der Waals surface area contributed by atoms with Gasteiger partial charge in [0, 0.05) is 16.1 Å². The Morgan fingerprint density at radius 2 is 1.62 bits per heavy atom. The van der Waals surface area contributed by atoms with Crippen LogP contribution in [-0.2, 0) is 23.8 Å². The SMILES string of the molecule is COC(=O)C1=C(C(=O)OC)N(c2ccccc2C(=O)c2ccc(Cl)cc2)COC1. The van der Waals surface area contributed by atoms with E-state index >= 15 is 0 Å². The van der Waals surface area contributed by atoms with Crippen LogP contribution in [0.25, 0.3) is 0 Å². The van der Waals surface area contributed by atoms with Crippen molar-refractivity contribution in [3.63, 3.8) is 0 Å². The maximum absolute atomic E-state index is 13.1. The number of anilines is 1. The van der Waals surface area contributed by atoms with Crippen LogP contribution < -0.4 is 4.90 Å². The summed E-state index contributed by atoms with van der Waals surface area (Å²) in [6.07, 6.45) is 0. The van der Waals surface area contributed by atoms with Crippen molar-refractivity contribution in [2.24, 2.45) is 0 Å². The predicted octanol–water partition coefficient (Wildman–Crippen LogP) is 2.97. The van der Waals surface area contributed by atoms with E-state index in [1.165, 1.54) is 19.1 Å². The fraction of sp³-hybridized carbons (Fsp3) is 0.190. The number of hydrogen-bond donors (Lipinski definition) is 0. The van der Waals surface area contributed by atoms with Crippen LogP contribution in [0.3, 0.4) is 0 Å². The number of rotatable bonds is 5. The minimum atomic E-state index is -0.734. The van der Waals surface area contributed by atoms with Crippen molar-refractivity contribution in [2.45, 2.75) is 0 Å². The number of hydrogen-bond acceptors (Lipinski definition) is 7. The summed E-state index contributed by atoms with van der Waals surface area (Å²) < 4.78 is 15.1. The van der Waals surface area contributed by atoms with Crippen LogP contribution in [-0.4, -0.2) is 45.3 Å². The molecule has 1 aliphatic rings. The van der Waals surface area contributed by atoms with Gasteiger partial charge in [0.15, 0.2) is 5.78 Å². The molecule has 0 aliphatic carbocycles. The second kappa shape index (κ2) is 8.89. The van der Waals surface area contributed by atoms with Gasteiger partial charge >= 0.3 is 11.9 Å². The van der Waals surface area contributed by atoms with Gasteiger partial charge in [-0.15, -0.1) is 0 Å². The highest BCUT2D eigenvalue weighted by Gasteiger charge is 2.34. The summed E-state index contributed by atoms with van der Waals surface area (Å²) in [7, 11) is 2.42. The smallest absolute Gasteiger partial charge is 0.355 e. The molecule has 0 saturated heterocycles. The van der Waals surface area contributed by atoms with Crippen LogP contribution in [0, 0.1) is 0 Å². The van der Waals surface area contributed by atoms with Gasteiger partial charge in [-0.1, -0.05) is 23.7 Å². The highest BCUT2D eigenvalue weighted by molar-refractivity contribution is 6.30. The van der Waals surface area contributed by atoms with Gasteiger partial charge < -0.3 is 19.1 Å². The average Bonchev–Trinajstić information content (AvgIpc) is 2.77. The van der Waals surface area contributed by atoms with Gasteiger partial charge in [0.25, 0.3) is 0 Å². The third-order valence-corrected chi connectivity index (χ3v) is 4.63. The number of carbonyl (C=O) groups is 3. The van der Waals surface area contributed by atoms with E-state index in [4.69, 9.17) is 25.8 Å². The van der Waals surface area contributed by atoms with E-state index in [0.717, 1.165) is 0 Å². The number of benzene rings is 2. The van der Waals surface area contributed by atoms with Crippen LogP contribution in [0.2, 0.25) is 5.02 Å². The Morgan fingerprint density at radius 3 is 2.28 bits per heavy atom. The van der Waals surface area contributed by atoms with E-state index in [0.29, 0.717) is 21.8 Å². The molecule has 0 saturated carbocycles. The standard InChI is InChI=1S/C21H18ClNO6/c1-27-20(25)16-11-29-12-23(18(16)21(26)28-2)17-6-4-3-5-15(17)19(24)13-7-9-14(22)10-8-13/h3-10H,11-12H2,1-2H3. The third kappa shape index (κ3) is 4.16. The first-order valence-corrected chi connectivity index (χ1v) is 9.00. The molecule has 3 rings (SSSR count). The zero-order chi connectivity index (χ0) is 21.0. The molecule has 0 bridgehead atoms. The molecule has 0 fully saturated rings. The quantitative estimate of drug-likeness (QED) is 0.548. The Hall–Kier alpha value is -3.16. The van der Waals surface area contributed by atoms with Gasteiger partial charge in [-0.2, -0.15) is 0 Å². The highest BCUT2D eigenvalue weighted by atomic mass is 35.5. The summed E-state index contributed by atoms with van der Waals surface area (Å²) in [4.78, 5) is 39.2. The molecule has 2 aromatic rings. The molecule has 1 heterocycles. The molecule has 7 nitrogen and oxygen atoms in total. The fourth-order valence-corrected chi connectivity index (χ4v) is 3.12. The molecule has 0 amide bonds. The van der Waals surface area contributed by atoms with Crippen LogP contribution in [0.1, 0.15) is 15.9 Å². The number of nitrogens with zero attached hydrogens (tertiary/aromatic N) is 1. The number of ether oxygens (including phenoxy) is 3. The predicted molar refractivity (Wildman–Crippen MR) is 106 cm³/mol. The van der Waals surface area contributed by atoms with E-state index in [-0.39, 0.29) is 30.4 Å². The van der Waals surface area contributed by atoms with E-state index in [1.807, 2.05) is 0 Å². The second-order valence-corrected chi connectivity index (χ2v) is 6.51. The number of ketones is 1. The van der Waals surface area contributed by atoms with Crippen LogP contribution in [0.5, 0.6) is 0 Å². The Kier molecular flexibility index (Phi) is 6.31. The van der Waals surface area contributed by atoms with Crippen molar-refractivity contribution in [3.8, 4) is 0 Å². The van der Waals surface area contributed by atoms with Gasteiger partial charge in [0.2, 0.25) is 0 Å². The van der Waals surface area contributed by atoms with Crippen LogP contribution in [0.4, 0.5) is 5.69 Å². The topological polar surface area (TPSA) is 82.1 Å². The summed E-state index contributed by atoms with van der Waals surface area (Å²) in [6.45, 7) is -0.156. The molecule has 0 atom stereocenters. The Morgan fingerprint density at radius 1 is 0.966 bits per heavy atom. The molecule has 0 unspecified atom stereocenters. The van der Waals surface area contributed by atoms with E-state index < -0.39 is 11.9 Å². The number of methoxy groups -OCH3 is 2. The highest BCUT2D eigenvalue weighted by Crippen LogP contribution is 2.31. The summed E-state index contributed by atoms with van der Waals surface area (Å²) in [5.74, 6) is -1.72. The number of halogens is 1. The zero-order valence-electron chi connectivity index (χ0n) is 15.8. The molecule has 0 N–H and O–H groups in total. The summed E-state index contributed by atoms with van der Waals surface area (Å²) >= 11 is 5.91. The number of carbonyl (C=O) groups excluding carboxylic acids is 3. The second-order valence-electron chi connectivity index (χ2n) is 6.07. The molecule has 29 heavy (non-hydrogen) atoms. The minimum Gasteiger partial charge on any atom is -0.466 e. The summed E-state index contributed by atoms with van der Waals surface area (Å²) in [5, 5.41) is 0.512.